The number of aliphatic carboxylic acids is 1. The van der Waals surface area contributed by atoms with Crippen LogP contribution in [-0.2, 0) is 4.79 Å². The summed E-state index contributed by atoms with van der Waals surface area (Å²) in [7, 11) is 1.64. The summed E-state index contributed by atoms with van der Waals surface area (Å²) in [6.45, 7) is 1.80. The molecule has 5 unspecified atom stereocenters. The molecule has 6 heteroatoms. The molecule has 2 fully saturated rings. The average Bonchev–Trinajstić information content (AvgIpc) is 2.98. The second kappa shape index (κ2) is 5.70. The van der Waals surface area contributed by atoms with Crippen molar-refractivity contribution in [2.24, 2.45) is 17.8 Å². The summed E-state index contributed by atoms with van der Waals surface area (Å²) in [5.41, 5.74) is 0. The van der Waals surface area contributed by atoms with E-state index < -0.39 is 11.9 Å². The minimum atomic E-state index is -0.810. The molecule has 5 atom stereocenters. The van der Waals surface area contributed by atoms with Crippen LogP contribution in [0.25, 0.3) is 0 Å². The lowest BCUT2D eigenvalue weighted by Gasteiger charge is -2.32. The predicted molar refractivity (Wildman–Crippen MR) is 71.7 cm³/mol. The van der Waals surface area contributed by atoms with Gasteiger partial charge in [-0.1, -0.05) is 0 Å². The summed E-state index contributed by atoms with van der Waals surface area (Å²) < 4.78 is 0. The van der Waals surface area contributed by atoms with Crippen molar-refractivity contribution in [2.45, 2.75) is 44.7 Å². The van der Waals surface area contributed by atoms with Gasteiger partial charge in [-0.2, -0.15) is 5.26 Å². The van der Waals surface area contributed by atoms with E-state index in [1.807, 2.05) is 6.07 Å². The number of nitrogens with one attached hydrogen (secondary N) is 1. The van der Waals surface area contributed by atoms with Crippen LogP contribution in [0.15, 0.2) is 0 Å². The number of carbonyl (C=O) groups is 2. The van der Waals surface area contributed by atoms with Gasteiger partial charge in [-0.15, -0.1) is 0 Å². The van der Waals surface area contributed by atoms with Gasteiger partial charge in [0.1, 0.15) is 0 Å². The van der Waals surface area contributed by atoms with Gasteiger partial charge in [0.15, 0.2) is 0 Å². The van der Waals surface area contributed by atoms with Crippen molar-refractivity contribution in [3.05, 3.63) is 0 Å². The molecule has 2 rings (SSSR count). The first-order valence-electron chi connectivity index (χ1n) is 7.08. The molecule has 110 valence electrons. The highest BCUT2D eigenvalue weighted by Gasteiger charge is 2.51. The number of hydrogen-bond donors (Lipinski definition) is 2. The lowest BCUT2D eigenvalue weighted by Crippen LogP contribution is -2.52. The van der Waals surface area contributed by atoms with Gasteiger partial charge in [-0.3, -0.25) is 4.79 Å². The molecule has 2 amide bonds. The summed E-state index contributed by atoms with van der Waals surface area (Å²) in [6.07, 6.45) is 3.12. The molecule has 20 heavy (non-hydrogen) atoms. The minimum absolute atomic E-state index is 0.179. The molecule has 2 aliphatic carbocycles. The molecule has 0 saturated heterocycles. The topological polar surface area (TPSA) is 93.4 Å². The van der Waals surface area contributed by atoms with Crippen LogP contribution in [0.5, 0.6) is 0 Å². The Morgan fingerprint density at radius 1 is 1.45 bits per heavy atom. The molecule has 2 aliphatic rings. The molecule has 0 aromatic heterocycles. The number of carboxylic acid groups (broad SMARTS) is 1. The fourth-order valence-electron chi connectivity index (χ4n) is 3.57. The number of fused-ring (bicyclic) bond motifs is 2. The molecule has 6 nitrogen and oxygen atoms in total. The second-order valence-corrected chi connectivity index (χ2v) is 5.99. The normalized spacial score (nSPS) is 32.5. The Balaban J connectivity index is 2.00. The average molecular weight is 279 g/mol. The highest BCUT2D eigenvalue weighted by molar-refractivity contribution is 5.77. The van der Waals surface area contributed by atoms with E-state index in [2.05, 4.69) is 5.32 Å². The van der Waals surface area contributed by atoms with Gasteiger partial charge in [0.2, 0.25) is 0 Å². The smallest absolute Gasteiger partial charge is 0.317 e. The Hall–Kier alpha value is -1.77. The maximum atomic E-state index is 12.2. The first-order valence-corrected chi connectivity index (χ1v) is 7.08. The second-order valence-electron chi connectivity index (χ2n) is 5.99. The van der Waals surface area contributed by atoms with Crippen LogP contribution in [0.4, 0.5) is 4.79 Å². The Kier molecular flexibility index (Phi) is 4.17. The van der Waals surface area contributed by atoms with Gasteiger partial charge in [-0.25, -0.2) is 4.79 Å². The Morgan fingerprint density at radius 2 is 2.10 bits per heavy atom. The van der Waals surface area contributed by atoms with Crippen LogP contribution in [0.2, 0.25) is 0 Å². The highest BCUT2D eigenvalue weighted by atomic mass is 16.4. The third-order valence-corrected chi connectivity index (χ3v) is 4.86. The number of rotatable bonds is 4. The molecule has 0 heterocycles. The van der Waals surface area contributed by atoms with Crippen molar-refractivity contribution < 1.29 is 14.7 Å². The van der Waals surface area contributed by atoms with E-state index in [0.717, 1.165) is 19.3 Å². The molecule has 2 N–H and O–H groups in total. The standard InChI is InChI=1S/C14H21N3O3/c1-8(5-6-15)17(2)14(20)16-12-10-4-3-9(7-10)11(12)13(18)19/h8-12H,3-5,7H2,1-2H3,(H,16,20)(H,18,19). The fraction of sp³-hybridized carbons (Fsp3) is 0.786. The minimum Gasteiger partial charge on any atom is -0.481 e. The van der Waals surface area contributed by atoms with Crippen LogP contribution >= 0.6 is 0 Å². The van der Waals surface area contributed by atoms with Gasteiger partial charge in [0, 0.05) is 19.1 Å². The number of hydrogen-bond acceptors (Lipinski definition) is 3. The van der Waals surface area contributed by atoms with Crippen LogP contribution in [0, 0.1) is 29.1 Å². The molecule has 2 saturated carbocycles. The van der Waals surface area contributed by atoms with E-state index in [0.29, 0.717) is 0 Å². The summed E-state index contributed by atoms with van der Waals surface area (Å²) >= 11 is 0. The quantitative estimate of drug-likeness (QED) is 0.814. The first kappa shape index (κ1) is 14.6. The molecule has 0 spiro atoms. The van der Waals surface area contributed by atoms with E-state index >= 15 is 0 Å². The first-order chi connectivity index (χ1) is 9.45. The van der Waals surface area contributed by atoms with Crippen molar-refractivity contribution in [2.75, 3.05) is 7.05 Å². The van der Waals surface area contributed by atoms with Crippen molar-refractivity contribution in [3.8, 4) is 6.07 Å². The Labute approximate surface area is 118 Å². The van der Waals surface area contributed by atoms with Crippen molar-refractivity contribution in [3.63, 3.8) is 0 Å². The number of carbonyl (C=O) groups excluding carboxylic acids is 1. The molecule has 0 aliphatic heterocycles. The third kappa shape index (κ3) is 2.58. The number of carboxylic acids is 1. The molecule has 0 radical (unpaired) electrons. The summed E-state index contributed by atoms with van der Waals surface area (Å²) in [6, 6.07) is 1.31. The van der Waals surface area contributed by atoms with Gasteiger partial charge < -0.3 is 15.3 Å². The zero-order valence-electron chi connectivity index (χ0n) is 11.9. The maximum absolute atomic E-state index is 12.2. The maximum Gasteiger partial charge on any atom is 0.317 e. The highest BCUT2D eigenvalue weighted by Crippen LogP contribution is 2.48. The van der Waals surface area contributed by atoms with Gasteiger partial charge in [-0.05, 0) is 38.0 Å². The molecular formula is C14H21N3O3. The predicted octanol–water partition coefficient (Wildman–Crippen LogP) is 1.43. The molecule has 0 aromatic carbocycles. The number of nitriles is 1. The van der Waals surface area contributed by atoms with Crippen LogP contribution < -0.4 is 5.32 Å². The number of amides is 2. The van der Waals surface area contributed by atoms with E-state index in [4.69, 9.17) is 5.26 Å². The van der Waals surface area contributed by atoms with E-state index in [1.165, 1.54) is 4.90 Å². The SMILES string of the molecule is CC(CC#N)N(C)C(=O)NC1C2CCC(C2)C1C(=O)O. The largest absolute Gasteiger partial charge is 0.481 e. The van der Waals surface area contributed by atoms with Crippen LogP contribution in [0.3, 0.4) is 0 Å². The molecular weight excluding hydrogens is 258 g/mol. The van der Waals surface area contributed by atoms with Crippen LogP contribution in [-0.4, -0.2) is 41.1 Å². The van der Waals surface area contributed by atoms with Gasteiger partial charge in [0.05, 0.1) is 18.4 Å². The van der Waals surface area contributed by atoms with Crippen molar-refractivity contribution >= 4 is 12.0 Å². The fourth-order valence-corrected chi connectivity index (χ4v) is 3.57. The zero-order valence-corrected chi connectivity index (χ0v) is 11.9. The van der Waals surface area contributed by atoms with Crippen molar-refractivity contribution in [1.29, 1.82) is 5.26 Å². The van der Waals surface area contributed by atoms with Crippen molar-refractivity contribution in [1.82, 2.24) is 10.2 Å². The number of urea groups is 1. The zero-order chi connectivity index (χ0) is 14.9. The number of nitrogens with zero attached hydrogens (tertiary/aromatic N) is 2. The lowest BCUT2D eigenvalue weighted by molar-refractivity contribution is -0.144. The van der Waals surface area contributed by atoms with Gasteiger partial charge in [0.25, 0.3) is 0 Å². The van der Waals surface area contributed by atoms with E-state index in [1.54, 1.807) is 14.0 Å². The third-order valence-electron chi connectivity index (χ3n) is 4.86. The Morgan fingerprint density at radius 3 is 2.70 bits per heavy atom. The monoisotopic (exact) mass is 279 g/mol. The molecule has 2 bridgehead atoms. The summed E-state index contributed by atoms with van der Waals surface area (Å²) in [4.78, 5) is 25.0. The van der Waals surface area contributed by atoms with E-state index in [-0.39, 0.29) is 36.4 Å². The molecule has 0 aromatic rings. The Bertz CT molecular complexity index is 445. The summed E-state index contributed by atoms with van der Waals surface area (Å²) in [5.74, 6) is -0.790. The van der Waals surface area contributed by atoms with Crippen LogP contribution in [0.1, 0.15) is 32.6 Å². The lowest BCUT2D eigenvalue weighted by atomic mass is 9.84. The summed E-state index contributed by atoms with van der Waals surface area (Å²) in [5, 5.41) is 20.9. The van der Waals surface area contributed by atoms with E-state index in [9.17, 15) is 14.7 Å². The van der Waals surface area contributed by atoms with Gasteiger partial charge >= 0.3 is 12.0 Å².